The first-order valence-electron chi connectivity index (χ1n) is 7.07. The topological polar surface area (TPSA) is 76.9 Å². The van der Waals surface area contributed by atoms with Crippen LogP contribution in [-0.2, 0) is 11.3 Å². The van der Waals surface area contributed by atoms with Crippen molar-refractivity contribution in [2.75, 3.05) is 5.32 Å². The van der Waals surface area contributed by atoms with Crippen molar-refractivity contribution in [1.82, 2.24) is 14.5 Å². The van der Waals surface area contributed by atoms with E-state index in [4.69, 9.17) is 0 Å². The lowest BCUT2D eigenvalue weighted by Crippen LogP contribution is -2.28. The summed E-state index contributed by atoms with van der Waals surface area (Å²) in [7, 11) is 0. The number of anilines is 1. The van der Waals surface area contributed by atoms with E-state index in [0.717, 1.165) is 10.4 Å². The molecule has 0 saturated heterocycles. The van der Waals surface area contributed by atoms with Gasteiger partial charge >= 0.3 is 5.69 Å². The second-order valence-electron chi connectivity index (χ2n) is 5.01. The molecule has 0 atom stereocenters. The number of nitrogens with zero attached hydrogens (tertiary/aromatic N) is 3. The van der Waals surface area contributed by atoms with Crippen LogP contribution in [0.25, 0.3) is 11.3 Å². The highest BCUT2D eigenvalue weighted by Gasteiger charge is 2.13. The van der Waals surface area contributed by atoms with E-state index in [1.54, 1.807) is 18.2 Å². The van der Waals surface area contributed by atoms with E-state index in [9.17, 15) is 14.0 Å². The normalized spacial score (nSPS) is 10.6. The molecule has 0 bridgehead atoms. The Balaban J connectivity index is 1.75. The van der Waals surface area contributed by atoms with E-state index in [1.165, 1.54) is 40.4 Å². The molecule has 0 aliphatic heterocycles. The van der Waals surface area contributed by atoms with Crippen LogP contribution < -0.4 is 11.0 Å². The molecule has 3 rings (SSSR count). The van der Waals surface area contributed by atoms with Crippen molar-refractivity contribution in [3.05, 3.63) is 63.9 Å². The minimum absolute atomic E-state index is 0.142. The van der Waals surface area contributed by atoms with Gasteiger partial charge in [-0.3, -0.25) is 9.36 Å². The number of aromatic nitrogens is 3. The number of thiazole rings is 1. The van der Waals surface area contributed by atoms with Crippen molar-refractivity contribution in [2.45, 2.75) is 13.5 Å². The van der Waals surface area contributed by atoms with Gasteiger partial charge in [-0.05, 0) is 37.3 Å². The summed E-state index contributed by atoms with van der Waals surface area (Å²) < 4.78 is 14.2. The van der Waals surface area contributed by atoms with Gasteiger partial charge < -0.3 is 5.32 Å². The molecule has 1 N–H and O–H groups in total. The standard InChI is InChI=1S/C16H13FN4O2S/c1-10-14(11-3-5-12(17)6-4-11)20-15(24-10)19-13(22)9-21-8-2-7-18-16(21)23/h2-8H,9H2,1H3,(H,19,20,22). The predicted octanol–water partition coefficient (Wildman–Crippen LogP) is 2.45. The zero-order chi connectivity index (χ0) is 17.1. The number of rotatable bonds is 4. The molecule has 0 radical (unpaired) electrons. The summed E-state index contributed by atoms with van der Waals surface area (Å²) >= 11 is 1.32. The second kappa shape index (κ2) is 6.71. The van der Waals surface area contributed by atoms with Gasteiger partial charge in [0, 0.05) is 22.8 Å². The molecule has 0 aliphatic rings. The Kier molecular flexibility index (Phi) is 4.48. The van der Waals surface area contributed by atoms with Crippen LogP contribution in [-0.4, -0.2) is 20.4 Å². The van der Waals surface area contributed by atoms with Gasteiger partial charge in [-0.25, -0.2) is 19.2 Å². The number of aryl methyl sites for hydroxylation is 1. The van der Waals surface area contributed by atoms with Crippen molar-refractivity contribution in [3.8, 4) is 11.3 Å². The lowest BCUT2D eigenvalue weighted by Gasteiger charge is -2.03. The van der Waals surface area contributed by atoms with Gasteiger partial charge in [0.1, 0.15) is 12.4 Å². The summed E-state index contributed by atoms with van der Waals surface area (Å²) in [6, 6.07) is 7.58. The summed E-state index contributed by atoms with van der Waals surface area (Å²) in [6.45, 7) is 1.73. The Labute approximate surface area is 140 Å². The van der Waals surface area contributed by atoms with Crippen LogP contribution in [0.15, 0.2) is 47.5 Å². The monoisotopic (exact) mass is 344 g/mol. The highest BCUT2D eigenvalue weighted by molar-refractivity contribution is 7.16. The lowest BCUT2D eigenvalue weighted by atomic mass is 10.1. The fourth-order valence-electron chi connectivity index (χ4n) is 2.15. The van der Waals surface area contributed by atoms with E-state index in [2.05, 4.69) is 15.3 Å². The molecule has 122 valence electrons. The maximum atomic E-state index is 13.0. The van der Waals surface area contributed by atoms with Crippen molar-refractivity contribution >= 4 is 22.4 Å². The second-order valence-corrected chi connectivity index (χ2v) is 6.21. The van der Waals surface area contributed by atoms with Crippen LogP contribution in [0.2, 0.25) is 0 Å². The summed E-state index contributed by atoms with van der Waals surface area (Å²) in [5, 5.41) is 3.09. The maximum absolute atomic E-state index is 13.0. The van der Waals surface area contributed by atoms with E-state index in [1.807, 2.05) is 6.92 Å². The zero-order valence-electron chi connectivity index (χ0n) is 12.7. The Morgan fingerprint density at radius 1 is 1.33 bits per heavy atom. The van der Waals surface area contributed by atoms with Gasteiger partial charge in [-0.2, -0.15) is 0 Å². The van der Waals surface area contributed by atoms with Crippen molar-refractivity contribution in [3.63, 3.8) is 0 Å². The molecule has 8 heteroatoms. The van der Waals surface area contributed by atoms with E-state index < -0.39 is 5.69 Å². The third kappa shape index (κ3) is 3.54. The van der Waals surface area contributed by atoms with Gasteiger partial charge in [0.05, 0.1) is 5.69 Å². The fraction of sp³-hybridized carbons (Fsp3) is 0.125. The highest BCUT2D eigenvalue weighted by atomic mass is 32.1. The third-order valence-electron chi connectivity index (χ3n) is 3.26. The minimum atomic E-state index is -0.491. The van der Waals surface area contributed by atoms with Crippen LogP contribution >= 0.6 is 11.3 Å². The summed E-state index contributed by atoms with van der Waals surface area (Å²) in [4.78, 5) is 32.4. The number of amides is 1. The Bertz CT molecular complexity index is 934. The van der Waals surface area contributed by atoms with Crippen molar-refractivity contribution in [2.24, 2.45) is 0 Å². The Morgan fingerprint density at radius 3 is 2.79 bits per heavy atom. The smallest absolute Gasteiger partial charge is 0.300 e. The maximum Gasteiger partial charge on any atom is 0.347 e. The number of carbonyl (C=O) groups excluding carboxylic acids is 1. The molecule has 0 fully saturated rings. The van der Waals surface area contributed by atoms with Crippen LogP contribution in [0.4, 0.5) is 9.52 Å². The first kappa shape index (κ1) is 16.0. The molecule has 1 amide bonds. The fourth-order valence-corrected chi connectivity index (χ4v) is 3.00. The van der Waals surface area contributed by atoms with Gasteiger partial charge in [-0.15, -0.1) is 11.3 Å². The molecule has 0 unspecified atom stereocenters. The largest absolute Gasteiger partial charge is 0.347 e. The Hall–Kier alpha value is -2.87. The molecule has 24 heavy (non-hydrogen) atoms. The van der Waals surface area contributed by atoms with Crippen LogP contribution in [0.3, 0.4) is 0 Å². The molecule has 2 aromatic heterocycles. The zero-order valence-corrected chi connectivity index (χ0v) is 13.5. The summed E-state index contributed by atoms with van der Waals surface area (Å²) in [5.41, 5.74) is 0.970. The van der Waals surface area contributed by atoms with Crippen molar-refractivity contribution < 1.29 is 9.18 Å². The van der Waals surface area contributed by atoms with Crippen LogP contribution in [0.5, 0.6) is 0 Å². The number of hydrogen-bond donors (Lipinski definition) is 1. The molecule has 3 aromatic rings. The molecule has 0 aliphatic carbocycles. The number of halogens is 1. The average Bonchev–Trinajstić information content (AvgIpc) is 2.90. The molecular weight excluding hydrogens is 331 g/mol. The highest BCUT2D eigenvalue weighted by Crippen LogP contribution is 2.30. The first-order valence-corrected chi connectivity index (χ1v) is 7.89. The van der Waals surface area contributed by atoms with Gasteiger partial charge in [-0.1, -0.05) is 0 Å². The van der Waals surface area contributed by atoms with Crippen LogP contribution in [0.1, 0.15) is 4.88 Å². The van der Waals surface area contributed by atoms with Crippen LogP contribution in [0, 0.1) is 12.7 Å². The SMILES string of the molecule is Cc1sc(NC(=O)Cn2cccnc2=O)nc1-c1ccc(F)cc1. The van der Waals surface area contributed by atoms with E-state index >= 15 is 0 Å². The Morgan fingerprint density at radius 2 is 2.08 bits per heavy atom. The lowest BCUT2D eigenvalue weighted by molar-refractivity contribution is -0.116. The average molecular weight is 344 g/mol. The number of carbonyl (C=O) groups is 1. The first-order chi connectivity index (χ1) is 11.5. The number of hydrogen-bond acceptors (Lipinski definition) is 5. The van der Waals surface area contributed by atoms with Gasteiger partial charge in [0.25, 0.3) is 0 Å². The van der Waals surface area contributed by atoms with Gasteiger partial charge in [0.15, 0.2) is 5.13 Å². The molecule has 0 saturated carbocycles. The molecule has 1 aromatic carbocycles. The quantitative estimate of drug-likeness (QED) is 0.789. The van der Waals surface area contributed by atoms with E-state index in [0.29, 0.717) is 10.8 Å². The molecule has 2 heterocycles. The predicted molar refractivity (Wildman–Crippen MR) is 89.4 cm³/mol. The third-order valence-corrected chi connectivity index (χ3v) is 4.14. The van der Waals surface area contributed by atoms with E-state index in [-0.39, 0.29) is 18.3 Å². The molecular formula is C16H13FN4O2S. The van der Waals surface area contributed by atoms with Gasteiger partial charge in [0.2, 0.25) is 5.91 Å². The summed E-state index contributed by atoms with van der Waals surface area (Å²) in [5.74, 6) is -0.688. The molecule has 0 spiro atoms. The number of nitrogens with one attached hydrogen (secondary N) is 1. The summed E-state index contributed by atoms with van der Waals surface area (Å²) in [6.07, 6.45) is 2.86. The molecule has 6 nitrogen and oxygen atoms in total. The minimum Gasteiger partial charge on any atom is -0.300 e. The van der Waals surface area contributed by atoms with Crippen molar-refractivity contribution in [1.29, 1.82) is 0 Å². The number of benzene rings is 1.